The molecular weight excluding hydrogens is 584 g/mol. The predicted molar refractivity (Wildman–Crippen MR) is 139 cm³/mol. The van der Waals surface area contributed by atoms with Gasteiger partial charge in [-0.2, -0.15) is 17.0 Å². The molecule has 3 heterocycles. The normalized spacial score (nSPS) is 17.4. The van der Waals surface area contributed by atoms with Gasteiger partial charge in [-0.3, -0.25) is 34.2 Å². The van der Waals surface area contributed by atoms with Gasteiger partial charge >= 0.3 is 10.2 Å². The summed E-state index contributed by atoms with van der Waals surface area (Å²) in [5.74, 6) is -4.43. The summed E-state index contributed by atoms with van der Waals surface area (Å²) >= 11 is 0. The van der Waals surface area contributed by atoms with E-state index in [9.17, 15) is 40.8 Å². The monoisotopic (exact) mass is 608 g/mol. The number of hydrogen-bond donors (Lipinski definition) is 3. The van der Waals surface area contributed by atoms with Crippen LogP contribution in [0, 0.1) is 13.8 Å². The van der Waals surface area contributed by atoms with Crippen LogP contribution in [0.2, 0.25) is 0 Å². The van der Waals surface area contributed by atoms with E-state index in [-0.39, 0.29) is 16.5 Å². The van der Waals surface area contributed by atoms with Crippen LogP contribution in [-0.2, 0) is 44.2 Å². The van der Waals surface area contributed by atoms with Crippen molar-refractivity contribution in [1.82, 2.24) is 28.8 Å². The predicted octanol–water partition coefficient (Wildman–Crippen LogP) is -2.29. The second-order valence-electron chi connectivity index (χ2n) is 9.04. The van der Waals surface area contributed by atoms with E-state index in [0.29, 0.717) is 24.9 Å². The SMILES string of the molecule is Cc1cc(C)nc(NS(=O)(=O)N2CC(=O)N(CC(=O)Nc3ccc(S(=O)(=O)N4CC(=O)NC(=O)C4)cc3)C(=O)C2)n1. The van der Waals surface area contributed by atoms with Crippen LogP contribution in [-0.4, -0.2) is 103 Å². The van der Waals surface area contributed by atoms with Gasteiger partial charge in [0.1, 0.15) is 6.54 Å². The number of imide groups is 2. The maximum Gasteiger partial charge on any atom is 0.304 e. The number of carbonyl (C=O) groups excluding carboxylic acids is 5. The number of sulfonamides is 1. The minimum Gasteiger partial charge on any atom is -0.325 e. The van der Waals surface area contributed by atoms with E-state index < -0.39 is 82.5 Å². The second-order valence-corrected chi connectivity index (χ2v) is 12.6. The number of nitrogens with one attached hydrogen (secondary N) is 3. The fraction of sp³-hybridized carbons (Fsp3) is 0.318. The lowest BCUT2D eigenvalue weighted by Gasteiger charge is -2.31. The minimum atomic E-state index is -4.37. The molecule has 2 aliphatic rings. The van der Waals surface area contributed by atoms with E-state index in [1.807, 2.05) is 5.32 Å². The molecule has 0 radical (unpaired) electrons. The molecule has 0 unspecified atom stereocenters. The molecule has 0 spiro atoms. The van der Waals surface area contributed by atoms with Crippen LogP contribution >= 0.6 is 0 Å². The molecule has 0 bridgehead atoms. The molecule has 2 saturated heterocycles. The number of anilines is 2. The van der Waals surface area contributed by atoms with Crippen LogP contribution in [0.5, 0.6) is 0 Å². The molecular formula is C22H24N8O9S2. The summed E-state index contributed by atoms with van der Waals surface area (Å²) in [4.78, 5) is 69.1. The first-order valence-corrected chi connectivity index (χ1v) is 14.7. The van der Waals surface area contributed by atoms with Crippen molar-refractivity contribution in [3.8, 4) is 0 Å². The Hall–Kier alpha value is -4.33. The lowest BCUT2D eigenvalue weighted by Crippen LogP contribution is -2.57. The molecule has 0 atom stereocenters. The van der Waals surface area contributed by atoms with E-state index in [0.717, 1.165) is 12.1 Å². The third-order valence-electron chi connectivity index (χ3n) is 5.76. The summed E-state index contributed by atoms with van der Waals surface area (Å²) in [6, 6.07) is 6.41. The molecule has 2 aliphatic heterocycles. The van der Waals surface area contributed by atoms with Gasteiger partial charge in [0.25, 0.3) is 0 Å². The van der Waals surface area contributed by atoms with Crippen molar-refractivity contribution in [3.05, 3.63) is 41.7 Å². The Morgan fingerprint density at radius 3 is 1.93 bits per heavy atom. The summed E-state index contributed by atoms with van der Waals surface area (Å²) in [6.07, 6.45) is 0. The maximum absolute atomic E-state index is 12.7. The van der Waals surface area contributed by atoms with Gasteiger partial charge in [0.2, 0.25) is 45.5 Å². The number of aryl methyl sites for hydroxylation is 2. The summed E-state index contributed by atoms with van der Waals surface area (Å²) in [7, 11) is -8.55. The third kappa shape index (κ3) is 6.88. The Morgan fingerprint density at radius 1 is 0.854 bits per heavy atom. The first-order valence-electron chi connectivity index (χ1n) is 11.8. The quantitative estimate of drug-likeness (QED) is 0.270. The zero-order chi connectivity index (χ0) is 30.1. The Balaban J connectivity index is 1.36. The Morgan fingerprint density at radius 2 is 1.39 bits per heavy atom. The van der Waals surface area contributed by atoms with Crippen molar-refractivity contribution in [1.29, 1.82) is 0 Å². The molecule has 2 fully saturated rings. The summed E-state index contributed by atoms with van der Waals surface area (Å²) in [6.45, 7) is 0.0616. The van der Waals surface area contributed by atoms with E-state index in [4.69, 9.17) is 0 Å². The van der Waals surface area contributed by atoms with Crippen molar-refractivity contribution in [3.63, 3.8) is 0 Å². The molecule has 1 aromatic heterocycles. The number of amides is 5. The average molecular weight is 609 g/mol. The average Bonchev–Trinajstić information content (AvgIpc) is 2.85. The molecule has 17 nitrogen and oxygen atoms in total. The fourth-order valence-corrected chi connectivity index (χ4v) is 6.31. The van der Waals surface area contributed by atoms with Gasteiger partial charge in [0.05, 0.1) is 31.1 Å². The van der Waals surface area contributed by atoms with Crippen LogP contribution in [0.3, 0.4) is 0 Å². The van der Waals surface area contributed by atoms with E-state index >= 15 is 0 Å². The number of nitrogens with zero attached hydrogens (tertiary/aromatic N) is 5. The van der Waals surface area contributed by atoms with Crippen LogP contribution in [0.15, 0.2) is 35.2 Å². The van der Waals surface area contributed by atoms with E-state index in [2.05, 4.69) is 20.0 Å². The number of hydrogen-bond acceptors (Lipinski definition) is 11. The van der Waals surface area contributed by atoms with Crippen LogP contribution in [0.1, 0.15) is 11.4 Å². The smallest absolute Gasteiger partial charge is 0.304 e. The van der Waals surface area contributed by atoms with E-state index in [1.54, 1.807) is 19.9 Å². The van der Waals surface area contributed by atoms with Gasteiger partial charge in [0, 0.05) is 17.1 Å². The largest absolute Gasteiger partial charge is 0.325 e. The Bertz CT molecular complexity index is 1610. The standard InChI is InChI=1S/C22H24N8O9S2/c1-13-7-14(2)24-22(23-13)27-41(38,39)29-11-20(34)30(21(35)12-29)10-19(33)25-15-3-5-16(6-4-15)40(36,37)28-8-17(31)26-18(32)9-28/h3-7H,8-12H2,1-2H3,(H,25,33)(H,23,24,27)(H,26,31,32). The maximum atomic E-state index is 12.7. The number of aromatic nitrogens is 2. The number of piperazine rings is 2. The van der Waals surface area contributed by atoms with Gasteiger partial charge in [-0.15, -0.1) is 0 Å². The highest BCUT2D eigenvalue weighted by atomic mass is 32.2. The first-order chi connectivity index (χ1) is 19.1. The number of rotatable bonds is 8. The number of benzene rings is 1. The van der Waals surface area contributed by atoms with Crippen molar-refractivity contribution in [2.45, 2.75) is 18.7 Å². The highest BCUT2D eigenvalue weighted by Crippen LogP contribution is 2.20. The first kappa shape index (κ1) is 29.6. The molecule has 0 aliphatic carbocycles. The molecule has 0 saturated carbocycles. The van der Waals surface area contributed by atoms with Gasteiger partial charge in [-0.05, 0) is 44.2 Å². The summed E-state index contributed by atoms with van der Waals surface area (Å²) in [5.41, 5.74) is 1.13. The highest BCUT2D eigenvalue weighted by molar-refractivity contribution is 7.90. The van der Waals surface area contributed by atoms with E-state index in [1.165, 1.54) is 12.1 Å². The van der Waals surface area contributed by atoms with Crippen molar-refractivity contribution >= 4 is 61.4 Å². The number of carbonyl (C=O) groups is 5. The highest BCUT2D eigenvalue weighted by Gasteiger charge is 2.38. The van der Waals surface area contributed by atoms with Gasteiger partial charge in [-0.25, -0.2) is 23.1 Å². The minimum absolute atomic E-state index is 0.125. The fourth-order valence-electron chi connectivity index (χ4n) is 3.95. The van der Waals surface area contributed by atoms with Crippen LogP contribution in [0.4, 0.5) is 11.6 Å². The Kier molecular flexibility index (Phi) is 8.15. The molecule has 5 amide bonds. The van der Waals surface area contributed by atoms with Crippen molar-refractivity contribution in [2.75, 3.05) is 42.8 Å². The molecule has 19 heteroatoms. The Labute approximate surface area is 234 Å². The summed E-state index contributed by atoms with van der Waals surface area (Å²) < 4.78 is 54.4. The zero-order valence-corrected chi connectivity index (χ0v) is 23.3. The van der Waals surface area contributed by atoms with Crippen LogP contribution < -0.4 is 15.4 Å². The third-order valence-corrected chi connectivity index (χ3v) is 8.95. The van der Waals surface area contributed by atoms with Gasteiger partial charge < -0.3 is 5.32 Å². The van der Waals surface area contributed by atoms with Gasteiger partial charge in [-0.1, -0.05) is 0 Å². The summed E-state index contributed by atoms with van der Waals surface area (Å²) in [5, 5.41) is 4.42. The molecule has 4 rings (SSSR count). The topological polar surface area (TPSA) is 225 Å². The molecule has 218 valence electrons. The van der Waals surface area contributed by atoms with Crippen molar-refractivity contribution in [2.24, 2.45) is 0 Å². The lowest BCUT2D eigenvalue weighted by atomic mass is 10.3. The molecule has 1 aromatic carbocycles. The zero-order valence-electron chi connectivity index (χ0n) is 21.6. The molecule has 3 N–H and O–H groups in total. The molecule has 41 heavy (non-hydrogen) atoms. The molecule has 2 aromatic rings. The van der Waals surface area contributed by atoms with Crippen LogP contribution in [0.25, 0.3) is 0 Å². The second kappa shape index (κ2) is 11.3. The van der Waals surface area contributed by atoms with Gasteiger partial charge in [0.15, 0.2) is 0 Å². The van der Waals surface area contributed by atoms with Crippen molar-refractivity contribution < 1.29 is 40.8 Å². The lowest BCUT2D eigenvalue weighted by molar-refractivity contribution is -0.151.